The van der Waals surface area contributed by atoms with Crippen LogP contribution in [0.4, 0.5) is 0 Å². The standard InChI is InChI=1S/C13H23N3O2/c1-7-13(3,4)12(17)14-8-10-9(2)15-16(5)11(10)18-6/h7-8H2,1-6H3,(H,14,17). The zero-order valence-corrected chi connectivity index (χ0v) is 12.1. The molecule has 0 fully saturated rings. The zero-order chi connectivity index (χ0) is 13.9. The summed E-state index contributed by atoms with van der Waals surface area (Å²) >= 11 is 0. The van der Waals surface area contributed by atoms with Crippen molar-refractivity contribution >= 4 is 5.91 Å². The van der Waals surface area contributed by atoms with Crippen LogP contribution in [0.3, 0.4) is 0 Å². The molecule has 0 spiro atoms. The summed E-state index contributed by atoms with van der Waals surface area (Å²) in [4.78, 5) is 12.0. The number of nitrogens with one attached hydrogen (secondary N) is 1. The molecule has 18 heavy (non-hydrogen) atoms. The molecule has 1 aromatic rings. The Hall–Kier alpha value is -1.52. The van der Waals surface area contributed by atoms with Gasteiger partial charge in [-0.05, 0) is 13.3 Å². The van der Waals surface area contributed by atoms with Crippen LogP contribution in [-0.2, 0) is 18.4 Å². The van der Waals surface area contributed by atoms with Gasteiger partial charge in [0.25, 0.3) is 0 Å². The fourth-order valence-electron chi connectivity index (χ4n) is 1.71. The molecule has 0 aliphatic carbocycles. The van der Waals surface area contributed by atoms with Crippen molar-refractivity contribution in [2.45, 2.75) is 40.7 Å². The first-order valence-corrected chi connectivity index (χ1v) is 6.18. The van der Waals surface area contributed by atoms with E-state index in [9.17, 15) is 4.79 Å². The van der Waals surface area contributed by atoms with Crippen LogP contribution in [-0.4, -0.2) is 22.8 Å². The second kappa shape index (κ2) is 5.42. The second-order valence-electron chi connectivity index (χ2n) is 5.12. The van der Waals surface area contributed by atoms with Crippen LogP contribution >= 0.6 is 0 Å². The van der Waals surface area contributed by atoms with Crippen LogP contribution in [0.1, 0.15) is 38.4 Å². The summed E-state index contributed by atoms with van der Waals surface area (Å²) in [7, 11) is 3.44. The van der Waals surface area contributed by atoms with E-state index in [4.69, 9.17) is 4.74 Å². The lowest BCUT2D eigenvalue weighted by molar-refractivity contribution is -0.129. The molecular formula is C13H23N3O2. The zero-order valence-electron chi connectivity index (χ0n) is 12.1. The monoisotopic (exact) mass is 253 g/mol. The molecule has 0 bridgehead atoms. The summed E-state index contributed by atoms with van der Waals surface area (Å²) in [5.74, 6) is 0.748. The maximum Gasteiger partial charge on any atom is 0.225 e. The number of nitrogens with zero attached hydrogens (tertiary/aromatic N) is 2. The number of aromatic nitrogens is 2. The van der Waals surface area contributed by atoms with Gasteiger partial charge in [0.1, 0.15) is 0 Å². The number of rotatable bonds is 5. The molecule has 5 nitrogen and oxygen atoms in total. The summed E-state index contributed by atoms with van der Waals surface area (Å²) in [6.45, 7) is 8.25. The number of carbonyl (C=O) groups excluding carboxylic acids is 1. The van der Waals surface area contributed by atoms with Crippen molar-refractivity contribution in [3.05, 3.63) is 11.3 Å². The van der Waals surface area contributed by atoms with Crippen LogP contribution < -0.4 is 10.1 Å². The lowest BCUT2D eigenvalue weighted by atomic mass is 9.89. The summed E-state index contributed by atoms with van der Waals surface area (Å²) in [5.41, 5.74) is 1.47. The molecule has 1 aromatic heterocycles. The van der Waals surface area contributed by atoms with Gasteiger partial charge in [0.15, 0.2) is 0 Å². The number of hydrogen-bond donors (Lipinski definition) is 1. The molecule has 0 aromatic carbocycles. The average Bonchev–Trinajstić information content (AvgIpc) is 2.59. The van der Waals surface area contributed by atoms with E-state index < -0.39 is 0 Å². The fourth-order valence-corrected chi connectivity index (χ4v) is 1.71. The molecule has 0 atom stereocenters. The van der Waals surface area contributed by atoms with Crippen LogP contribution in [0.15, 0.2) is 0 Å². The Bertz CT molecular complexity index is 436. The molecule has 102 valence electrons. The molecule has 0 saturated carbocycles. The number of ether oxygens (including phenoxy) is 1. The van der Waals surface area contributed by atoms with Gasteiger partial charge >= 0.3 is 0 Å². The third-order valence-corrected chi connectivity index (χ3v) is 3.41. The minimum Gasteiger partial charge on any atom is -0.481 e. The molecule has 1 rings (SSSR count). The van der Waals surface area contributed by atoms with Gasteiger partial charge in [-0.2, -0.15) is 5.10 Å². The number of carbonyl (C=O) groups is 1. The Morgan fingerprint density at radius 3 is 2.61 bits per heavy atom. The van der Waals surface area contributed by atoms with Crippen LogP contribution in [0, 0.1) is 12.3 Å². The lowest BCUT2D eigenvalue weighted by Gasteiger charge is -2.21. The predicted molar refractivity (Wildman–Crippen MR) is 70.4 cm³/mol. The first kappa shape index (κ1) is 14.5. The smallest absolute Gasteiger partial charge is 0.225 e. The fraction of sp³-hybridized carbons (Fsp3) is 0.692. The van der Waals surface area contributed by atoms with Crippen LogP contribution in [0.2, 0.25) is 0 Å². The molecule has 1 amide bonds. The molecule has 0 aliphatic heterocycles. The van der Waals surface area contributed by atoms with Crippen molar-refractivity contribution in [3.8, 4) is 5.88 Å². The normalized spacial score (nSPS) is 11.4. The van der Waals surface area contributed by atoms with Crippen LogP contribution in [0.5, 0.6) is 5.88 Å². The van der Waals surface area contributed by atoms with Gasteiger partial charge in [0.05, 0.1) is 18.4 Å². The largest absolute Gasteiger partial charge is 0.481 e. The predicted octanol–water partition coefficient (Wildman–Crippen LogP) is 1.79. The van der Waals surface area contributed by atoms with E-state index in [-0.39, 0.29) is 11.3 Å². The Morgan fingerprint density at radius 1 is 1.50 bits per heavy atom. The van der Waals surface area contributed by atoms with Gasteiger partial charge in [-0.3, -0.25) is 4.79 Å². The Morgan fingerprint density at radius 2 is 2.11 bits per heavy atom. The highest BCUT2D eigenvalue weighted by molar-refractivity contribution is 5.81. The molecule has 0 unspecified atom stereocenters. The highest BCUT2D eigenvalue weighted by Crippen LogP contribution is 2.23. The average molecular weight is 253 g/mol. The van der Waals surface area contributed by atoms with Crippen molar-refractivity contribution in [1.82, 2.24) is 15.1 Å². The Labute approximate surface area is 109 Å². The maximum atomic E-state index is 12.0. The topological polar surface area (TPSA) is 56.2 Å². The molecule has 0 saturated heterocycles. The number of amides is 1. The quantitative estimate of drug-likeness (QED) is 0.870. The minimum absolute atomic E-state index is 0.0512. The molecule has 0 aliphatic rings. The van der Waals surface area contributed by atoms with Gasteiger partial charge in [-0.25, -0.2) is 4.68 Å². The minimum atomic E-state index is -0.344. The van der Waals surface area contributed by atoms with Crippen molar-refractivity contribution < 1.29 is 9.53 Å². The number of methoxy groups -OCH3 is 1. The van der Waals surface area contributed by atoms with Gasteiger partial charge in [0, 0.05) is 19.0 Å². The SMILES string of the molecule is CCC(C)(C)C(=O)NCc1c(C)nn(C)c1OC. The maximum absolute atomic E-state index is 12.0. The number of hydrogen-bond acceptors (Lipinski definition) is 3. The Balaban J connectivity index is 2.78. The molecule has 1 N–H and O–H groups in total. The lowest BCUT2D eigenvalue weighted by Crippen LogP contribution is -2.36. The summed E-state index contributed by atoms with van der Waals surface area (Å²) in [6.07, 6.45) is 0.808. The molecule has 1 heterocycles. The van der Waals surface area contributed by atoms with Crippen molar-refractivity contribution in [3.63, 3.8) is 0 Å². The number of aryl methyl sites for hydroxylation is 2. The highest BCUT2D eigenvalue weighted by atomic mass is 16.5. The molecular weight excluding hydrogens is 230 g/mol. The third kappa shape index (κ3) is 2.83. The Kier molecular flexibility index (Phi) is 4.38. The van der Waals surface area contributed by atoms with E-state index in [1.54, 1.807) is 11.8 Å². The molecule has 0 radical (unpaired) electrons. The van der Waals surface area contributed by atoms with Crippen LogP contribution in [0.25, 0.3) is 0 Å². The van der Waals surface area contributed by atoms with E-state index in [1.165, 1.54) is 0 Å². The van der Waals surface area contributed by atoms with E-state index >= 15 is 0 Å². The first-order valence-electron chi connectivity index (χ1n) is 6.18. The summed E-state index contributed by atoms with van der Waals surface area (Å²) in [5, 5.41) is 7.23. The summed E-state index contributed by atoms with van der Waals surface area (Å²) in [6, 6.07) is 0. The van der Waals surface area contributed by atoms with Crippen molar-refractivity contribution in [2.24, 2.45) is 12.5 Å². The van der Waals surface area contributed by atoms with Gasteiger partial charge in [0.2, 0.25) is 11.8 Å². The highest BCUT2D eigenvalue weighted by Gasteiger charge is 2.25. The second-order valence-corrected chi connectivity index (χ2v) is 5.12. The van der Waals surface area contributed by atoms with Gasteiger partial charge in [-0.15, -0.1) is 0 Å². The first-order chi connectivity index (χ1) is 8.33. The van der Waals surface area contributed by atoms with E-state index in [1.807, 2.05) is 34.7 Å². The molecule has 5 heteroatoms. The summed E-state index contributed by atoms with van der Waals surface area (Å²) < 4.78 is 6.97. The van der Waals surface area contributed by atoms with Crippen molar-refractivity contribution in [2.75, 3.05) is 7.11 Å². The van der Waals surface area contributed by atoms with E-state index in [2.05, 4.69) is 10.4 Å². The van der Waals surface area contributed by atoms with Crippen molar-refractivity contribution in [1.29, 1.82) is 0 Å². The van der Waals surface area contributed by atoms with Gasteiger partial charge in [-0.1, -0.05) is 20.8 Å². The van der Waals surface area contributed by atoms with E-state index in [0.717, 1.165) is 17.7 Å². The van der Waals surface area contributed by atoms with E-state index in [0.29, 0.717) is 12.4 Å². The van der Waals surface area contributed by atoms with Gasteiger partial charge < -0.3 is 10.1 Å². The third-order valence-electron chi connectivity index (χ3n) is 3.41.